The Balaban J connectivity index is 1.80. The Hall–Kier alpha value is -3.24. The first kappa shape index (κ1) is 21.5. The van der Waals surface area contributed by atoms with Crippen molar-refractivity contribution in [1.29, 1.82) is 0 Å². The third kappa shape index (κ3) is 4.84. The molecule has 10 heteroatoms. The van der Waals surface area contributed by atoms with Gasteiger partial charge in [0.25, 0.3) is 5.91 Å². The molecule has 1 aliphatic rings. The second kappa shape index (κ2) is 9.06. The van der Waals surface area contributed by atoms with Gasteiger partial charge in [-0.1, -0.05) is 30.0 Å². The summed E-state index contributed by atoms with van der Waals surface area (Å²) in [4.78, 5) is 36.7. The molecule has 0 saturated carbocycles. The fourth-order valence-corrected chi connectivity index (χ4v) is 3.78. The van der Waals surface area contributed by atoms with Crippen molar-refractivity contribution in [1.82, 2.24) is 4.90 Å². The zero-order valence-electron chi connectivity index (χ0n) is 15.5. The Kier molecular flexibility index (Phi) is 6.48. The molecule has 2 aromatic rings. The van der Waals surface area contributed by atoms with Gasteiger partial charge < -0.3 is 14.6 Å². The highest BCUT2D eigenvalue weighted by Crippen LogP contribution is 2.34. The van der Waals surface area contributed by atoms with Crippen LogP contribution in [0.25, 0.3) is 6.08 Å². The number of aliphatic carboxylic acids is 1. The van der Waals surface area contributed by atoms with E-state index in [9.17, 15) is 18.8 Å². The van der Waals surface area contributed by atoms with Gasteiger partial charge in [-0.3, -0.25) is 14.5 Å². The molecular formula is C20H14FNO6S2. The smallest absolute Gasteiger partial charge is 0.343 e. The van der Waals surface area contributed by atoms with Crippen LogP contribution in [0.3, 0.4) is 0 Å². The molecule has 1 heterocycles. The Bertz CT molecular complexity index is 1070. The average Bonchev–Trinajstić information content (AvgIpc) is 2.96. The zero-order chi connectivity index (χ0) is 21.8. The quantitative estimate of drug-likeness (QED) is 0.312. The standard InChI is InChI=1S/C20H14FNO6S2/c1-27-15-8-11(9-16-18(25)22(10-17(23)24)20(29)30-16)2-7-14(15)28-19(26)12-3-5-13(21)6-4-12/h2-9H,10H2,1H3,(H,23,24)/b16-9+. The summed E-state index contributed by atoms with van der Waals surface area (Å²) in [5, 5.41) is 8.89. The number of benzene rings is 2. The number of carbonyl (C=O) groups excluding carboxylic acids is 2. The molecule has 1 fully saturated rings. The van der Waals surface area contributed by atoms with E-state index >= 15 is 0 Å². The number of ether oxygens (including phenoxy) is 2. The molecule has 1 N–H and O–H groups in total. The maximum atomic E-state index is 13.0. The summed E-state index contributed by atoms with van der Waals surface area (Å²) >= 11 is 6.05. The van der Waals surface area contributed by atoms with E-state index in [1.54, 1.807) is 12.1 Å². The Morgan fingerprint density at radius 2 is 1.90 bits per heavy atom. The molecule has 30 heavy (non-hydrogen) atoms. The summed E-state index contributed by atoms with van der Waals surface area (Å²) in [5.41, 5.74) is 0.730. The van der Waals surface area contributed by atoms with Crippen molar-refractivity contribution in [3.8, 4) is 11.5 Å². The molecular weight excluding hydrogens is 433 g/mol. The predicted molar refractivity (Wildman–Crippen MR) is 112 cm³/mol. The maximum Gasteiger partial charge on any atom is 0.343 e. The van der Waals surface area contributed by atoms with Crippen molar-refractivity contribution < 1.29 is 33.4 Å². The molecule has 3 rings (SSSR count). The van der Waals surface area contributed by atoms with Crippen molar-refractivity contribution in [2.45, 2.75) is 0 Å². The molecule has 1 saturated heterocycles. The third-order valence-electron chi connectivity index (χ3n) is 3.93. The van der Waals surface area contributed by atoms with Crippen LogP contribution in [0.4, 0.5) is 4.39 Å². The van der Waals surface area contributed by atoms with Gasteiger partial charge in [0.2, 0.25) is 0 Å². The van der Waals surface area contributed by atoms with Crippen LogP contribution in [0.5, 0.6) is 11.5 Å². The lowest BCUT2D eigenvalue weighted by molar-refractivity contribution is -0.140. The average molecular weight is 447 g/mol. The van der Waals surface area contributed by atoms with E-state index in [-0.39, 0.29) is 26.3 Å². The van der Waals surface area contributed by atoms with E-state index in [0.717, 1.165) is 28.8 Å². The topological polar surface area (TPSA) is 93.1 Å². The summed E-state index contributed by atoms with van der Waals surface area (Å²) in [7, 11) is 1.39. The summed E-state index contributed by atoms with van der Waals surface area (Å²) in [6, 6.07) is 9.55. The minimum Gasteiger partial charge on any atom is -0.493 e. The van der Waals surface area contributed by atoms with E-state index in [1.807, 2.05) is 0 Å². The lowest BCUT2D eigenvalue weighted by Gasteiger charge is -2.11. The normalized spacial score (nSPS) is 14.9. The van der Waals surface area contributed by atoms with Gasteiger partial charge in [0.05, 0.1) is 17.6 Å². The van der Waals surface area contributed by atoms with E-state index in [4.69, 9.17) is 26.8 Å². The van der Waals surface area contributed by atoms with Crippen molar-refractivity contribution >= 4 is 52.2 Å². The number of rotatable bonds is 6. The molecule has 2 aromatic carbocycles. The third-order valence-corrected chi connectivity index (χ3v) is 5.31. The first-order chi connectivity index (χ1) is 14.3. The van der Waals surface area contributed by atoms with Crippen LogP contribution in [-0.2, 0) is 9.59 Å². The Labute approximate surface area is 180 Å². The molecule has 0 radical (unpaired) electrons. The summed E-state index contributed by atoms with van der Waals surface area (Å²) in [5.74, 6) is -2.44. The van der Waals surface area contributed by atoms with Gasteiger partial charge in [-0.15, -0.1) is 0 Å². The molecule has 0 bridgehead atoms. The highest BCUT2D eigenvalue weighted by Gasteiger charge is 2.33. The van der Waals surface area contributed by atoms with Gasteiger partial charge >= 0.3 is 11.9 Å². The van der Waals surface area contributed by atoms with E-state index in [2.05, 4.69) is 0 Å². The maximum absolute atomic E-state index is 13.0. The fraction of sp³-hybridized carbons (Fsp3) is 0.100. The number of thiocarbonyl (C=S) groups is 1. The molecule has 1 amide bonds. The number of nitrogens with zero attached hydrogens (tertiary/aromatic N) is 1. The molecule has 0 spiro atoms. The predicted octanol–water partition coefficient (Wildman–Crippen LogP) is 3.34. The molecule has 154 valence electrons. The molecule has 0 unspecified atom stereocenters. The van der Waals surface area contributed by atoms with Crippen LogP contribution in [0.2, 0.25) is 0 Å². The number of esters is 1. The summed E-state index contributed by atoms with van der Waals surface area (Å²) in [6.45, 7) is -0.510. The number of carboxylic acid groups (broad SMARTS) is 1. The van der Waals surface area contributed by atoms with Gasteiger partial charge in [0, 0.05) is 0 Å². The van der Waals surface area contributed by atoms with Crippen molar-refractivity contribution in [2.75, 3.05) is 13.7 Å². The van der Waals surface area contributed by atoms with Crippen LogP contribution in [0.1, 0.15) is 15.9 Å². The van der Waals surface area contributed by atoms with Crippen molar-refractivity contribution in [3.63, 3.8) is 0 Å². The van der Waals surface area contributed by atoms with Gasteiger partial charge in [-0.2, -0.15) is 0 Å². The van der Waals surface area contributed by atoms with Gasteiger partial charge in [0.15, 0.2) is 11.5 Å². The first-order valence-electron chi connectivity index (χ1n) is 8.41. The van der Waals surface area contributed by atoms with Crippen LogP contribution >= 0.6 is 24.0 Å². The molecule has 0 aromatic heterocycles. The van der Waals surface area contributed by atoms with Crippen LogP contribution in [0, 0.1) is 5.82 Å². The van der Waals surface area contributed by atoms with Gasteiger partial charge in [-0.05, 0) is 48.0 Å². The molecule has 7 nitrogen and oxygen atoms in total. The number of hydrogen-bond acceptors (Lipinski definition) is 7. The highest BCUT2D eigenvalue weighted by molar-refractivity contribution is 8.26. The summed E-state index contributed by atoms with van der Waals surface area (Å²) < 4.78 is 23.7. The largest absolute Gasteiger partial charge is 0.493 e. The second-order valence-corrected chi connectivity index (χ2v) is 7.64. The van der Waals surface area contributed by atoms with Gasteiger partial charge in [-0.25, -0.2) is 9.18 Å². The number of thioether (sulfide) groups is 1. The lowest BCUT2D eigenvalue weighted by atomic mass is 10.1. The monoisotopic (exact) mass is 447 g/mol. The number of hydrogen-bond donors (Lipinski definition) is 1. The summed E-state index contributed by atoms with van der Waals surface area (Å²) in [6.07, 6.45) is 1.54. The molecule has 0 aliphatic carbocycles. The number of methoxy groups -OCH3 is 1. The second-order valence-electron chi connectivity index (χ2n) is 5.97. The molecule has 1 aliphatic heterocycles. The Morgan fingerprint density at radius 3 is 2.53 bits per heavy atom. The fourth-order valence-electron chi connectivity index (χ4n) is 2.53. The minimum atomic E-state index is -1.17. The van der Waals surface area contributed by atoms with Crippen molar-refractivity contribution in [2.24, 2.45) is 0 Å². The van der Waals surface area contributed by atoms with Crippen LogP contribution < -0.4 is 9.47 Å². The van der Waals surface area contributed by atoms with Crippen LogP contribution in [-0.4, -0.2) is 45.8 Å². The van der Waals surface area contributed by atoms with E-state index < -0.39 is 30.2 Å². The van der Waals surface area contributed by atoms with Crippen LogP contribution in [0.15, 0.2) is 47.4 Å². The highest BCUT2D eigenvalue weighted by atomic mass is 32.2. The minimum absolute atomic E-state index is 0.141. The van der Waals surface area contributed by atoms with E-state index in [0.29, 0.717) is 5.56 Å². The number of amides is 1. The molecule has 0 atom stereocenters. The van der Waals surface area contributed by atoms with Crippen molar-refractivity contribution in [3.05, 3.63) is 64.3 Å². The zero-order valence-corrected chi connectivity index (χ0v) is 17.1. The number of carbonyl (C=O) groups is 3. The number of carboxylic acids is 1. The van der Waals surface area contributed by atoms with E-state index in [1.165, 1.54) is 31.4 Å². The van der Waals surface area contributed by atoms with Gasteiger partial charge in [0.1, 0.15) is 16.7 Å². The number of halogens is 1. The SMILES string of the molecule is COc1cc(/C=C2/SC(=S)N(CC(=O)O)C2=O)ccc1OC(=O)c1ccc(F)cc1. The lowest BCUT2D eigenvalue weighted by Crippen LogP contribution is -2.33. The first-order valence-corrected chi connectivity index (χ1v) is 9.64. The Morgan fingerprint density at radius 1 is 1.20 bits per heavy atom.